The summed E-state index contributed by atoms with van der Waals surface area (Å²) in [6.07, 6.45) is 0. The Bertz CT molecular complexity index is 746. The van der Waals surface area contributed by atoms with Crippen molar-refractivity contribution in [1.82, 2.24) is 0 Å². The van der Waals surface area contributed by atoms with Crippen LogP contribution < -0.4 is 5.32 Å². The molecule has 0 aromatic heterocycles. The van der Waals surface area contributed by atoms with E-state index in [4.69, 9.17) is 11.6 Å². The molecular formula is C16H13ClINO3. The number of carbonyl (C=O) groups is 2. The van der Waals surface area contributed by atoms with Crippen LogP contribution in [0.2, 0.25) is 5.02 Å². The first kappa shape index (κ1) is 16.8. The molecule has 4 nitrogen and oxygen atoms in total. The van der Waals surface area contributed by atoms with Crippen molar-refractivity contribution in [2.24, 2.45) is 0 Å². The lowest BCUT2D eigenvalue weighted by molar-refractivity contribution is 0.0600. The summed E-state index contributed by atoms with van der Waals surface area (Å²) in [7, 11) is 1.32. The van der Waals surface area contributed by atoms with Crippen LogP contribution in [-0.4, -0.2) is 19.0 Å². The minimum Gasteiger partial charge on any atom is -0.465 e. The maximum absolute atomic E-state index is 12.3. The number of anilines is 1. The van der Waals surface area contributed by atoms with Crippen LogP contribution in [0.1, 0.15) is 26.3 Å². The maximum Gasteiger partial charge on any atom is 0.337 e. The van der Waals surface area contributed by atoms with E-state index in [1.54, 1.807) is 36.4 Å². The van der Waals surface area contributed by atoms with Crippen LogP contribution in [0.15, 0.2) is 36.4 Å². The Morgan fingerprint density at radius 2 is 1.82 bits per heavy atom. The first-order valence-electron chi connectivity index (χ1n) is 6.37. The van der Waals surface area contributed by atoms with Gasteiger partial charge < -0.3 is 10.1 Å². The quantitative estimate of drug-likeness (QED) is 0.585. The molecule has 2 aromatic rings. The third-order valence-electron chi connectivity index (χ3n) is 3.09. The minimum atomic E-state index is -0.448. The molecule has 0 bridgehead atoms. The number of carbonyl (C=O) groups excluding carboxylic acids is 2. The molecule has 0 fully saturated rings. The van der Waals surface area contributed by atoms with E-state index >= 15 is 0 Å². The highest BCUT2D eigenvalue weighted by Crippen LogP contribution is 2.22. The summed E-state index contributed by atoms with van der Waals surface area (Å²) in [5.74, 6) is -0.712. The monoisotopic (exact) mass is 429 g/mol. The van der Waals surface area contributed by atoms with Gasteiger partial charge in [-0.3, -0.25) is 4.79 Å². The highest BCUT2D eigenvalue weighted by atomic mass is 127. The van der Waals surface area contributed by atoms with Crippen molar-refractivity contribution in [2.75, 3.05) is 12.4 Å². The molecule has 1 N–H and O–H groups in total. The second-order valence-electron chi connectivity index (χ2n) is 4.60. The van der Waals surface area contributed by atoms with Gasteiger partial charge in [0.15, 0.2) is 0 Å². The zero-order chi connectivity index (χ0) is 16.3. The first-order chi connectivity index (χ1) is 10.4. The number of benzene rings is 2. The molecule has 0 spiro atoms. The molecule has 6 heteroatoms. The van der Waals surface area contributed by atoms with Crippen LogP contribution in [0.4, 0.5) is 5.69 Å². The molecule has 22 heavy (non-hydrogen) atoms. The molecule has 0 saturated carbocycles. The lowest BCUT2D eigenvalue weighted by atomic mass is 10.1. The number of halogens is 2. The van der Waals surface area contributed by atoms with E-state index < -0.39 is 5.97 Å². The van der Waals surface area contributed by atoms with Gasteiger partial charge in [0, 0.05) is 14.8 Å². The Morgan fingerprint density at radius 3 is 2.45 bits per heavy atom. The van der Waals surface area contributed by atoms with Gasteiger partial charge in [-0.05, 0) is 65.4 Å². The van der Waals surface area contributed by atoms with E-state index in [0.29, 0.717) is 21.8 Å². The second kappa shape index (κ2) is 7.11. The molecule has 0 aliphatic heterocycles. The van der Waals surface area contributed by atoms with Gasteiger partial charge in [-0.1, -0.05) is 17.7 Å². The molecule has 2 aromatic carbocycles. The van der Waals surface area contributed by atoms with Crippen molar-refractivity contribution >= 4 is 51.8 Å². The summed E-state index contributed by atoms with van der Waals surface area (Å²) in [5.41, 5.74) is 2.30. The fourth-order valence-electron chi connectivity index (χ4n) is 1.83. The number of esters is 1. The predicted octanol–water partition coefficient (Wildman–Crippen LogP) is 4.29. The summed E-state index contributed by atoms with van der Waals surface area (Å²) in [6.45, 7) is 1.85. The third-order valence-corrected chi connectivity index (χ3v) is 4.63. The van der Waals surface area contributed by atoms with Gasteiger partial charge >= 0.3 is 5.97 Å². The summed E-state index contributed by atoms with van der Waals surface area (Å²) in [5, 5.41) is 3.40. The molecule has 0 radical (unpaired) electrons. The molecule has 0 atom stereocenters. The van der Waals surface area contributed by atoms with Crippen molar-refractivity contribution in [3.8, 4) is 0 Å². The van der Waals surface area contributed by atoms with Crippen molar-refractivity contribution in [3.63, 3.8) is 0 Å². The number of methoxy groups -OCH3 is 1. The SMILES string of the molecule is COC(=O)c1ccc(C)c(NC(=O)c2ccc(Cl)c(I)c2)c1. The Morgan fingerprint density at radius 1 is 1.14 bits per heavy atom. The lowest BCUT2D eigenvalue weighted by Crippen LogP contribution is -2.14. The molecular weight excluding hydrogens is 417 g/mol. The molecule has 2 rings (SSSR count). The van der Waals surface area contributed by atoms with E-state index in [1.165, 1.54) is 7.11 Å². The third kappa shape index (κ3) is 3.78. The number of hydrogen-bond acceptors (Lipinski definition) is 3. The van der Waals surface area contributed by atoms with Crippen molar-refractivity contribution in [1.29, 1.82) is 0 Å². The van der Waals surface area contributed by atoms with Crippen LogP contribution in [-0.2, 0) is 4.74 Å². The number of hydrogen-bond donors (Lipinski definition) is 1. The molecule has 0 aliphatic carbocycles. The topological polar surface area (TPSA) is 55.4 Å². The Hall–Kier alpha value is -1.60. The molecule has 1 amide bonds. The van der Waals surface area contributed by atoms with Crippen LogP contribution >= 0.6 is 34.2 Å². The van der Waals surface area contributed by atoms with E-state index in [1.807, 2.05) is 6.92 Å². The van der Waals surface area contributed by atoms with Crippen molar-refractivity contribution in [2.45, 2.75) is 6.92 Å². The molecule has 114 valence electrons. The summed E-state index contributed by atoms with van der Waals surface area (Å²) in [6, 6.07) is 10.0. The van der Waals surface area contributed by atoms with Crippen molar-refractivity contribution < 1.29 is 14.3 Å². The summed E-state index contributed by atoms with van der Waals surface area (Å²) >= 11 is 8.02. The number of rotatable bonds is 3. The molecule has 0 unspecified atom stereocenters. The lowest BCUT2D eigenvalue weighted by Gasteiger charge is -2.10. The normalized spacial score (nSPS) is 10.2. The standard InChI is InChI=1S/C16H13ClINO3/c1-9-3-4-11(16(21)22-2)8-14(9)19-15(20)10-5-6-12(17)13(18)7-10/h3-8H,1-2H3,(H,19,20). The zero-order valence-corrected chi connectivity index (χ0v) is 14.9. The molecule has 0 heterocycles. The van der Waals surface area contributed by atoms with E-state index in [0.717, 1.165) is 9.13 Å². The predicted molar refractivity (Wildman–Crippen MR) is 94.6 cm³/mol. The van der Waals surface area contributed by atoms with E-state index in [-0.39, 0.29) is 5.91 Å². The maximum atomic E-state index is 12.3. The van der Waals surface area contributed by atoms with Gasteiger partial charge in [-0.25, -0.2) is 4.79 Å². The zero-order valence-electron chi connectivity index (χ0n) is 11.9. The molecule has 0 saturated heterocycles. The highest BCUT2D eigenvalue weighted by molar-refractivity contribution is 14.1. The number of amides is 1. The number of nitrogens with one attached hydrogen (secondary N) is 1. The minimum absolute atomic E-state index is 0.264. The fourth-order valence-corrected chi connectivity index (χ4v) is 2.47. The Kier molecular flexibility index (Phi) is 5.42. The van der Waals surface area contributed by atoms with Gasteiger partial charge in [0.25, 0.3) is 5.91 Å². The van der Waals surface area contributed by atoms with Gasteiger partial charge in [-0.15, -0.1) is 0 Å². The van der Waals surface area contributed by atoms with Crippen LogP contribution in [0.25, 0.3) is 0 Å². The van der Waals surface area contributed by atoms with Crippen LogP contribution in [0, 0.1) is 10.5 Å². The largest absolute Gasteiger partial charge is 0.465 e. The second-order valence-corrected chi connectivity index (χ2v) is 6.17. The van der Waals surface area contributed by atoms with Crippen molar-refractivity contribution in [3.05, 3.63) is 61.7 Å². The van der Waals surface area contributed by atoms with Crippen LogP contribution in [0.3, 0.4) is 0 Å². The summed E-state index contributed by atoms with van der Waals surface area (Å²) < 4.78 is 5.48. The van der Waals surface area contributed by atoms with Gasteiger partial charge in [0.2, 0.25) is 0 Å². The number of aryl methyl sites for hydroxylation is 1. The average Bonchev–Trinajstić information content (AvgIpc) is 2.51. The smallest absolute Gasteiger partial charge is 0.337 e. The van der Waals surface area contributed by atoms with Gasteiger partial charge in [-0.2, -0.15) is 0 Å². The number of ether oxygens (including phenoxy) is 1. The van der Waals surface area contributed by atoms with Crippen LogP contribution in [0.5, 0.6) is 0 Å². The summed E-state index contributed by atoms with van der Waals surface area (Å²) in [4.78, 5) is 23.9. The van der Waals surface area contributed by atoms with Gasteiger partial charge in [0.05, 0.1) is 17.7 Å². The van der Waals surface area contributed by atoms with Gasteiger partial charge in [0.1, 0.15) is 0 Å². The Labute approximate surface area is 146 Å². The van der Waals surface area contributed by atoms with E-state index in [9.17, 15) is 9.59 Å². The Balaban J connectivity index is 2.27. The fraction of sp³-hybridized carbons (Fsp3) is 0.125. The highest BCUT2D eigenvalue weighted by Gasteiger charge is 2.12. The average molecular weight is 430 g/mol. The molecule has 0 aliphatic rings. The first-order valence-corrected chi connectivity index (χ1v) is 7.83. The van der Waals surface area contributed by atoms with E-state index in [2.05, 4.69) is 32.6 Å².